The lowest BCUT2D eigenvalue weighted by atomic mass is 9.98. The van der Waals surface area contributed by atoms with Crippen LogP contribution < -0.4 is 15.1 Å². The third kappa shape index (κ3) is 5.05. The van der Waals surface area contributed by atoms with Gasteiger partial charge in [-0.05, 0) is 24.3 Å². The summed E-state index contributed by atoms with van der Waals surface area (Å²) in [6.45, 7) is -0.293. The van der Waals surface area contributed by atoms with Gasteiger partial charge in [0.15, 0.2) is 11.4 Å². The molecule has 0 unspecified atom stereocenters. The Kier molecular flexibility index (Phi) is 6.98. The fourth-order valence-electron chi connectivity index (χ4n) is 3.76. The summed E-state index contributed by atoms with van der Waals surface area (Å²) in [5, 5.41) is 9.11. The highest BCUT2D eigenvalue weighted by atomic mass is 32.2. The Morgan fingerprint density at radius 3 is 2.23 bits per heavy atom. The number of halogens is 3. The Bertz CT molecular complexity index is 865. The highest BCUT2D eigenvalue weighted by molar-refractivity contribution is 7.91. The molecule has 0 saturated carbocycles. The van der Waals surface area contributed by atoms with Gasteiger partial charge >= 0.3 is 6.18 Å². The molecule has 2 aliphatic rings. The SMILES string of the molecule is O=C(NO)C1(S(=O)(=O)N2CCN(c3ccc(OCC(F)(F)F)cc3)CC2)CCOCC1. The average molecular weight is 467 g/mol. The molecule has 9 nitrogen and oxygen atoms in total. The van der Waals surface area contributed by atoms with Gasteiger partial charge in [0.25, 0.3) is 5.91 Å². The van der Waals surface area contributed by atoms with Crippen LogP contribution in [0.5, 0.6) is 5.75 Å². The van der Waals surface area contributed by atoms with E-state index in [-0.39, 0.29) is 44.9 Å². The number of hydrogen-bond acceptors (Lipinski definition) is 7. The highest BCUT2D eigenvalue weighted by Gasteiger charge is 2.54. The molecule has 0 spiro atoms. The molecule has 0 aliphatic carbocycles. The molecule has 0 bridgehead atoms. The first-order valence-corrected chi connectivity index (χ1v) is 11.1. The number of benzene rings is 1. The second kappa shape index (κ2) is 9.18. The van der Waals surface area contributed by atoms with Crippen molar-refractivity contribution in [3.8, 4) is 5.75 Å². The minimum atomic E-state index is -4.42. The van der Waals surface area contributed by atoms with Crippen LogP contribution in [-0.2, 0) is 19.6 Å². The van der Waals surface area contributed by atoms with Crippen molar-refractivity contribution < 1.29 is 41.1 Å². The average Bonchev–Trinajstić information content (AvgIpc) is 2.77. The maximum Gasteiger partial charge on any atom is 0.422 e. The van der Waals surface area contributed by atoms with Crippen LogP contribution in [0.2, 0.25) is 0 Å². The molecule has 174 valence electrons. The molecule has 0 atom stereocenters. The van der Waals surface area contributed by atoms with Crippen molar-refractivity contribution in [3.63, 3.8) is 0 Å². The molecule has 0 aromatic heterocycles. The molecule has 2 fully saturated rings. The summed E-state index contributed by atoms with van der Waals surface area (Å²) in [7, 11) is -4.06. The quantitative estimate of drug-likeness (QED) is 0.477. The molecule has 0 radical (unpaired) electrons. The van der Waals surface area contributed by atoms with E-state index in [1.165, 1.54) is 21.9 Å². The van der Waals surface area contributed by atoms with Gasteiger partial charge in [0.2, 0.25) is 10.0 Å². The zero-order chi connectivity index (χ0) is 22.7. The molecule has 3 rings (SSSR count). The number of amides is 1. The second-order valence-electron chi connectivity index (χ2n) is 7.34. The number of alkyl halides is 3. The Hall–Kier alpha value is -2.09. The zero-order valence-corrected chi connectivity index (χ0v) is 17.4. The van der Waals surface area contributed by atoms with Gasteiger partial charge in [-0.15, -0.1) is 0 Å². The molecular weight excluding hydrogens is 443 g/mol. The van der Waals surface area contributed by atoms with E-state index in [9.17, 15) is 26.4 Å². The largest absolute Gasteiger partial charge is 0.484 e. The second-order valence-corrected chi connectivity index (χ2v) is 9.58. The van der Waals surface area contributed by atoms with Gasteiger partial charge in [-0.3, -0.25) is 10.0 Å². The fourth-order valence-corrected chi connectivity index (χ4v) is 5.86. The number of nitrogens with zero attached hydrogens (tertiary/aromatic N) is 2. The van der Waals surface area contributed by atoms with Crippen molar-refractivity contribution in [1.82, 2.24) is 9.79 Å². The molecule has 2 heterocycles. The maximum absolute atomic E-state index is 13.3. The van der Waals surface area contributed by atoms with Crippen LogP contribution in [0, 0.1) is 0 Å². The summed E-state index contributed by atoms with van der Waals surface area (Å²) in [4.78, 5) is 14.2. The van der Waals surface area contributed by atoms with E-state index in [4.69, 9.17) is 9.94 Å². The van der Waals surface area contributed by atoms with Crippen LogP contribution in [-0.4, -0.2) is 80.8 Å². The van der Waals surface area contributed by atoms with Gasteiger partial charge < -0.3 is 14.4 Å². The molecule has 13 heteroatoms. The first-order valence-electron chi connectivity index (χ1n) is 9.66. The van der Waals surface area contributed by atoms with Crippen molar-refractivity contribution in [1.29, 1.82) is 0 Å². The van der Waals surface area contributed by atoms with E-state index in [1.807, 2.05) is 4.90 Å². The first-order chi connectivity index (χ1) is 14.6. The lowest BCUT2D eigenvalue weighted by molar-refractivity contribution is -0.153. The number of rotatable bonds is 6. The molecule has 1 amide bonds. The van der Waals surface area contributed by atoms with Gasteiger partial charge in [-0.2, -0.15) is 17.5 Å². The number of nitrogens with one attached hydrogen (secondary N) is 1. The predicted molar refractivity (Wildman–Crippen MR) is 103 cm³/mol. The van der Waals surface area contributed by atoms with Crippen molar-refractivity contribution >= 4 is 21.6 Å². The first kappa shape index (κ1) is 23.6. The lowest BCUT2D eigenvalue weighted by Gasteiger charge is -2.42. The number of piperazine rings is 1. The number of carbonyl (C=O) groups excluding carboxylic acids is 1. The summed E-state index contributed by atoms with van der Waals surface area (Å²) in [5.41, 5.74) is 2.20. The third-order valence-corrected chi connectivity index (χ3v) is 8.12. The van der Waals surface area contributed by atoms with Crippen molar-refractivity contribution in [2.45, 2.75) is 23.8 Å². The highest BCUT2D eigenvalue weighted by Crippen LogP contribution is 2.34. The monoisotopic (exact) mass is 467 g/mol. The van der Waals surface area contributed by atoms with Gasteiger partial charge in [-0.25, -0.2) is 13.9 Å². The van der Waals surface area contributed by atoms with Gasteiger partial charge in [-0.1, -0.05) is 0 Å². The van der Waals surface area contributed by atoms with Crippen LogP contribution >= 0.6 is 0 Å². The van der Waals surface area contributed by atoms with Crippen LogP contribution in [0.3, 0.4) is 0 Å². The number of hydroxylamine groups is 1. The summed E-state index contributed by atoms with van der Waals surface area (Å²) in [5.74, 6) is -0.883. The Morgan fingerprint density at radius 2 is 1.71 bits per heavy atom. The van der Waals surface area contributed by atoms with Crippen molar-refractivity contribution in [2.24, 2.45) is 0 Å². The van der Waals surface area contributed by atoms with Gasteiger partial charge in [0, 0.05) is 57.9 Å². The Balaban J connectivity index is 1.65. The van der Waals surface area contributed by atoms with Crippen molar-refractivity contribution in [3.05, 3.63) is 24.3 Å². The van der Waals surface area contributed by atoms with Gasteiger partial charge in [0.05, 0.1) is 0 Å². The number of carbonyl (C=O) groups is 1. The normalized spacial score (nSPS) is 20.3. The smallest absolute Gasteiger partial charge is 0.422 e. The summed E-state index contributed by atoms with van der Waals surface area (Å²) < 4.78 is 72.6. The lowest BCUT2D eigenvalue weighted by Crippen LogP contribution is -2.62. The zero-order valence-electron chi connectivity index (χ0n) is 16.6. The Labute approximate surface area is 177 Å². The van der Waals surface area contributed by atoms with E-state index < -0.39 is 33.5 Å². The maximum atomic E-state index is 13.3. The van der Waals surface area contributed by atoms with E-state index in [0.29, 0.717) is 18.8 Å². The third-order valence-electron chi connectivity index (χ3n) is 5.49. The van der Waals surface area contributed by atoms with E-state index in [0.717, 1.165) is 0 Å². The van der Waals surface area contributed by atoms with Crippen molar-refractivity contribution in [2.75, 3.05) is 50.9 Å². The number of hydrogen-bond donors (Lipinski definition) is 2. The summed E-state index contributed by atoms with van der Waals surface area (Å²) in [6.07, 6.45) is -4.53. The van der Waals surface area contributed by atoms with Crippen LogP contribution in [0.15, 0.2) is 24.3 Å². The van der Waals surface area contributed by atoms with E-state index in [2.05, 4.69) is 4.74 Å². The molecule has 1 aromatic carbocycles. The topological polar surface area (TPSA) is 108 Å². The molecule has 2 saturated heterocycles. The molecule has 2 aliphatic heterocycles. The molecule has 31 heavy (non-hydrogen) atoms. The predicted octanol–water partition coefficient (Wildman–Crippen LogP) is 1.13. The number of sulfonamides is 1. The Morgan fingerprint density at radius 1 is 1.13 bits per heavy atom. The van der Waals surface area contributed by atoms with Crippen LogP contribution in [0.25, 0.3) is 0 Å². The minimum Gasteiger partial charge on any atom is -0.484 e. The summed E-state index contributed by atoms with van der Waals surface area (Å²) >= 11 is 0. The minimum absolute atomic E-state index is 0.0542. The molecule has 1 aromatic rings. The fraction of sp³-hybridized carbons (Fsp3) is 0.611. The number of ether oxygens (including phenoxy) is 2. The summed E-state index contributed by atoms with van der Waals surface area (Å²) in [6, 6.07) is 6.06. The van der Waals surface area contributed by atoms with E-state index in [1.54, 1.807) is 12.1 Å². The van der Waals surface area contributed by atoms with Crippen LogP contribution in [0.1, 0.15) is 12.8 Å². The van der Waals surface area contributed by atoms with E-state index >= 15 is 0 Å². The standard InChI is InChI=1S/C18H24F3N3O6S/c19-18(20,21)13-30-15-3-1-14(2-4-15)23-7-9-24(10-8-23)31(27,28)17(16(25)22-26)5-11-29-12-6-17/h1-4,26H,5-13H2,(H,22,25). The van der Waals surface area contributed by atoms with Gasteiger partial charge in [0.1, 0.15) is 5.75 Å². The molecule has 2 N–H and O–H groups in total. The van der Waals surface area contributed by atoms with Crippen LogP contribution in [0.4, 0.5) is 18.9 Å². The molecular formula is C18H24F3N3O6S. The number of anilines is 1.